The number of benzene rings is 1. The van der Waals surface area contributed by atoms with E-state index in [1.165, 1.54) is 13.0 Å². The van der Waals surface area contributed by atoms with Crippen LogP contribution in [0.3, 0.4) is 0 Å². The van der Waals surface area contributed by atoms with Crippen molar-refractivity contribution >= 4 is 17.8 Å². The number of esters is 1. The van der Waals surface area contributed by atoms with Crippen LogP contribution in [-0.4, -0.2) is 18.4 Å². The number of allylic oxidation sites excluding steroid dienone is 2. The van der Waals surface area contributed by atoms with Crippen LogP contribution in [0.15, 0.2) is 48.1 Å². The third kappa shape index (κ3) is 4.37. The fraction of sp³-hybridized carbons (Fsp3) is 0.200. The van der Waals surface area contributed by atoms with Crippen LogP contribution in [0.5, 0.6) is 0 Å². The fourth-order valence-electron chi connectivity index (χ4n) is 1.36. The van der Waals surface area contributed by atoms with Gasteiger partial charge >= 0.3 is 5.97 Å². The molecule has 3 nitrogen and oxygen atoms in total. The molecule has 0 spiro atoms. The maximum Gasteiger partial charge on any atom is 0.341 e. The maximum absolute atomic E-state index is 11.5. The number of ether oxygens (including phenoxy) is 1. The van der Waals surface area contributed by atoms with Crippen molar-refractivity contribution in [2.45, 2.75) is 13.8 Å². The van der Waals surface area contributed by atoms with Crippen LogP contribution >= 0.6 is 0 Å². The van der Waals surface area contributed by atoms with Gasteiger partial charge in [-0.2, -0.15) is 0 Å². The zero-order valence-corrected chi connectivity index (χ0v) is 10.6. The van der Waals surface area contributed by atoms with Crippen molar-refractivity contribution in [1.29, 1.82) is 0 Å². The third-order valence-electron chi connectivity index (χ3n) is 2.23. The van der Waals surface area contributed by atoms with Crippen LogP contribution in [-0.2, 0) is 14.3 Å². The Bertz CT molecular complexity index is 470. The first-order chi connectivity index (χ1) is 8.65. The predicted octanol–water partition coefficient (Wildman–Crippen LogP) is 2.78. The third-order valence-corrected chi connectivity index (χ3v) is 2.23. The Morgan fingerprint density at radius 1 is 1.22 bits per heavy atom. The highest BCUT2D eigenvalue weighted by Gasteiger charge is 2.13. The zero-order chi connectivity index (χ0) is 13.4. The maximum atomic E-state index is 11.5. The van der Waals surface area contributed by atoms with Gasteiger partial charge in [-0.1, -0.05) is 42.5 Å². The van der Waals surface area contributed by atoms with Gasteiger partial charge in [0.15, 0.2) is 5.78 Å². The van der Waals surface area contributed by atoms with E-state index >= 15 is 0 Å². The Hall–Kier alpha value is -2.16. The molecule has 0 atom stereocenters. The number of hydrogen-bond donors (Lipinski definition) is 0. The largest absolute Gasteiger partial charge is 0.462 e. The first-order valence-electron chi connectivity index (χ1n) is 5.76. The van der Waals surface area contributed by atoms with Crippen molar-refractivity contribution in [1.82, 2.24) is 0 Å². The van der Waals surface area contributed by atoms with Crippen LogP contribution in [0.25, 0.3) is 6.08 Å². The van der Waals surface area contributed by atoms with Gasteiger partial charge in [0.1, 0.15) is 5.57 Å². The topological polar surface area (TPSA) is 43.4 Å². The SMILES string of the molecule is CCOC(=O)C(=CC=Cc1ccccc1)C(C)=O. The highest BCUT2D eigenvalue weighted by atomic mass is 16.5. The van der Waals surface area contributed by atoms with E-state index in [-0.39, 0.29) is 18.0 Å². The Morgan fingerprint density at radius 2 is 1.89 bits per heavy atom. The van der Waals surface area contributed by atoms with E-state index in [9.17, 15) is 9.59 Å². The monoisotopic (exact) mass is 244 g/mol. The Labute approximate surface area is 107 Å². The summed E-state index contributed by atoms with van der Waals surface area (Å²) < 4.78 is 4.81. The fourth-order valence-corrected chi connectivity index (χ4v) is 1.36. The van der Waals surface area contributed by atoms with E-state index in [0.29, 0.717) is 0 Å². The van der Waals surface area contributed by atoms with Crippen molar-refractivity contribution in [2.24, 2.45) is 0 Å². The molecule has 0 amide bonds. The summed E-state index contributed by atoms with van der Waals surface area (Å²) >= 11 is 0. The minimum atomic E-state index is -0.581. The summed E-state index contributed by atoms with van der Waals surface area (Å²) in [7, 11) is 0. The number of rotatable bonds is 5. The van der Waals surface area contributed by atoms with Gasteiger partial charge < -0.3 is 4.74 Å². The molecular formula is C15H16O3. The predicted molar refractivity (Wildman–Crippen MR) is 70.9 cm³/mol. The van der Waals surface area contributed by atoms with Crippen molar-refractivity contribution < 1.29 is 14.3 Å². The number of carbonyl (C=O) groups is 2. The summed E-state index contributed by atoms with van der Waals surface area (Å²) in [6, 6.07) is 9.62. The van der Waals surface area contributed by atoms with Crippen molar-refractivity contribution in [3.05, 3.63) is 53.6 Å². The van der Waals surface area contributed by atoms with Gasteiger partial charge in [-0.15, -0.1) is 0 Å². The molecule has 0 aliphatic carbocycles. The average Bonchev–Trinajstić information content (AvgIpc) is 2.35. The summed E-state index contributed by atoms with van der Waals surface area (Å²) in [4.78, 5) is 22.8. The summed E-state index contributed by atoms with van der Waals surface area (Å²) in [5, 5.41) is 0. The molecular weight excluding hydrogens is 228 g/mol. The average molecular weight is 244 g/mol. The second kappa shape index (κ2) is 7.22. The van der Waals surface area contributed by atoms with Crippen LogP contribution in [0, 0.1) is 0 Å². The molecule has 0 saturated heterocycles. The van der Waals surface area contributed by atoms with Crippen LogP contribution in [0.1, 0.15) is 19.4 Å². The van der Waals surface area contributed by atoms with Gasteiger partial charge in [0, 0.05) is 0 Å². The molecule has 1 aromatic rings. The highest BCUT2D eigenvalue weighted by molar-refractivity contribution is 6.16. The lowest BCUT2D eigenvalue weighted by Gasteiger charge is -2.01. The van der Waals surface area contributed by atoms with Gasteiger partial charge in [0.2, 0.25) is 0 Å². The van der Waals surface area contributed by atoms with E-state index in [2.05, 4.69) is 0 Å². The molecule has 0 radical (unpaired) electrons. The first-order valence-corrected chi connectivity index (χ1v) is 5.76. The zero-order valence-electron chi connectivity index (χ0n) is 10.6. The molecule has 0 aromatic heterocycles. The smallest absolute Gasteiger partial charge is 0.341 e. The molecule has 3 heteroatoms. The van der Waals surface area contributed by atoms with Crippen LogP contribution < -0.4 is 0 Å². The second-order valence-electron chi connectivity index (χ2n) is 3.63. The molecule has 0 saturated carbocycles. The lowest BCUT2D eigenvalue weighted by Crippen LogP contribution is -2.13. The van der Waals surface area contributed by atoms with Gasteiger partial charge in [-0.25, -0.2) is 4.79 Å². The van der Waals surface area contributed by atoms with Gasteiger partial charge in [0.05, 0.1) is 6.61 Å². The highest BCUT2D eigenvalue weighted by Crippen LogP contribution is 2.04. The molecule has 0 aliphatic rings. The first kappa shape index (κ1) is 13.9. The lowest BCUT2D eigenvalue weighted by molar-refractivity contribution is -0.139. The standard InChI is InChI=1S/C15H16O3/c1-3-18-15(17)14(12(2)16)11-7-10-13-8-5-4-6-9-13/h4-11H,3H2,1-2H3. The molecule has 0 fully saturated rings. The second-order valence-corrected chi connectivity index (χ2v) is 3.63. The molecule has 0 bridgehead atoms. The number of carbonyl (C=O) groups excluding carboxylic acids is 2. The minimum Gasteiger partial charge on any atom is -0.462 e. The van der Waals surface area contributed by atoms with E-state index < -0.39 is 5.97 Å². The molecule has 0 aliphatic heterocycles. The van der Waals surface area contributed by atoms with Gasteiger partial charge in [-0.3, -0.25) is 4.79 Å². The van der Waals surface area contributed by atoms with Crippen LogP contribution in [0.4, 0.5) is 0 Å². The minimum absolute atomic E-state index is 0.0593. The van der Waals surface area contributed by atoms with Gasteiger partial charge in [-0.05, 0) is 25.5 Å². The van der Waals surface area contributed by atoms with Crippen molar-refractivity contribution in [2.75, 3.05) is 6.61 Å². The normalized spacial score (nSPS) is 11.6. The molecule has 0 unspecified atom stereocenters. The Kier molecular flexibility index (Phi) is 5.58. The van der Waals surface area contributed by atoms with Crippen LogP contribution in [0.2, 0.25) is 0 Å². The Morgan fingerprint density at radius 3 is 2.44 bits per heavy atom. The van der Waals surface area contributed by atoms with Crippen molar-refractivity contribution in [3.63, 3.8) is 0 Å². The molecule has 1 aromatic carbocycles. The number of ketones is 1. The summed E-state index contributed by atoms with van der Waals surface area (Å²) in [6.07, 6.45) is 4.97. The molecule has 1 rings (SSSR count). The number of hydrogen-bond acceptors (Lipinski definition) is 3. The van der Waals surface area contributed by atoms with Gasteiger partial charge in [0.25, 0.3) is 0 Å². The van der Waals surface area contributed by atoms with E-state index in [0.717, 1.165) is 5.56 Å². The molecule has 94 valence electrons. The van der Waals surface area contributed by atoms with E-state index in [4.69, 9.17) is 4.74 Å². The lowest BCUT2D eigenvalue weighted by atomic mass is 10.1. The molecule has 0 heterocycles. The molecule has 0 N–H and O–H groups in total. The summed E-state index contributed by atoms with van der Waals surface area (Å²) in [5.41, 5.74) is 1.06. The Balaban J connectivity index is 2.81. The van der Waals surface area contributed by atoms with E-state index in [1.807, 2.05) is 36.4 Å². The van der Waals surface area contributed by atoms with Crippen molar-refractivity contribution in [3.8, 4) is 0 Å². The number of Topliss-reactive ketones (excluding diaryl/α,β-unsaturated/α-hetero) is 1. The quantitative estimate of drug-likeness (QED) is 0.263. The molecule has 18 heavy (non-hydrogen) atoms. The van der Waals surface area contributed by atoms with E-state index in [1.54, 1.807) is 13.0 Å². The summed E-state index contributed by atoms with van der Waals surface area (Å²) in [5.74, 6) is -0.881. The summed E-state index contributed by atoms with van der Waals surface area (Å²) in [6.45, 7) is 3.31.